The zero-order chi connectivity index (χ0) is 7.23. The van der Waals surface area contributed by atoms with Crippen molar-refractivity contribution in [2.24, 2.45) is 0 Å². The maximum absolute atomic E-state index is 5.08. The number of epoxide rings is 1. The molecule has 0 aromatic carbocycles. The zero-order valence-electron chi connectivity index (χ0n) is 6.38. The first-order chi connectivity index (χ1) is 4.93. The maximum Gasteiger partial charge on any atom is 0.0812 e. The zero-order valence-corrected chi connectivity index (χ0v) is 7.19. The molecule has 1 aliphatic heterocycles. The third kappa shape index (κ3) is 3.96. The molecule has 0 aromatic heterocycles. The fraction of sp³-hybridized carbons (Fsp3) is 0.750. The van der Waals surface area contributed by atoms with Gasteiger partial charge in [0.05, 0.1) is 12.7 Å². The van der Waals surface area contributed by atoms with Gasteiger partial charge >= 0.3 is 0 Å². The third-order valence-corrected chi connectivity index (χ3v) is 2.01. The summed E-state index contributed by atoms with van der Waals surface area (Å²) < 4.78 is 5.08. The Morgan fingerprint density at radius 1 is 1.60 bits per heavy atom. The van der Waals surface area contributed by atoms with Crippen LogP contribution in [0.1, 0.15) is 12.8 Å². The number of thioether (sulfide) groups is 1. The molecule has 1 heterocycles. The molecule has 0 spiro atoms. The van der Waals surface area contributed by atoms with Crippen LogP contribution in [0.2, 0.25) is 0 Å². The summed E-state index contributed by atoms with van der Waals surface area (Å²) in [5, 5.41) is 0. The Bertz CT molecular complexity index is 108. The van der Waals surface area contributed by atoms with Crippen molar-refractivity contribution in [1.29, 1.82) is 0 Å². The van der Waals surface area contributed by atoms with E-state index in [9.17, 15) is 0 Å². The molecule has 0 aliphatic carbocycles. The molecule has 1 fully saturated rings. The molecule has 0 amide bonds. The van der Waals surface area contributed by atoms with E-state index in [-0.39, 0.29) is 0 Å². The molecule has 2 heteroatoms. The molecule has 10 heavy (non-hydrogen) atoms. The van der Waals surface area contributed by atoms with Gasteiger partial charge in [0.25, 0.3) is 0 Å². The molecule has 0 saturated carbocycles. The molecule has 1 aliphatic rings. The molecule has 0 bridgehead atoms. The van der Waals surface area contributed by atoms with Crippen LogP contribution in [0.3, 0.4) is 0 Å². The minimum atomic E-state index is 0.596. The van der Waals surface area contributed by atoms with Crippen molar-refractivity contribution in [2.45, 2.75) is 18.9 Å². The van der Waals surface area contributed by atoms with Crippen molar-refractivity contribution in [3.63, 3.8) is 0 Å². The summed E-state index contributed by atoms with van der Waals surface area (Å²) in [4.78, 5) is 0. The maximum atomic E-state index is 5.08. The van der Waals surface area contributed by atoms with E-state index >= 15 is 0 Å². The van der Waals surface area contributed by atoms with Crippen molar-refractivity contribution in [1.82, 2.24) is 0 Å². The third-order valence-electron chi connectivity index (χ3n) is 1.49. The highest BCUT2D eigenvalue weighted by atomic mass is 32.2. The molecule has 1 rings (SSSR count). The first kappa shape index (κ1) is 8.15. The molecule has 58 valence electrons. The Labute approximate surface area is 66.8 Å². The lowest BCUT2D eigenvalue weighted by molar-refractivity contribution is 0.398. The van der Waals surface area contributed by atoms with Crippen LogP contribution >= 0.6 is 11.8 Å². The van der Waals surface area contributed by atoms with Gasteiger partial charge < -0.3 is 4.74 Å². The van der Waals surface area contributed by atoms with Crippen molar-refractivity contribution >= 4 is 11.8 Å². The minimum Gasteiger partial charge on any atom is -0.373 e. The number of hydrogen-bond acceptors (Lipinski definition) is 2. The Morgan fingerprint density at radius 2 is 2.40 bits per heavy atom. The van der Waals surface area contributed by atoms with E-state index in [2.05, 4.69) is 18.4 Å². The quantitative estimate of drug-likeness (QED) is 0.449. The van der Waals surface area contributed by atoms with Gasteiger partial charge in [-0.1, -0.05) is 12.2 Å². The van der Waals surface area contributed by atoms with Gasteiger partial charge in [0.2, 0.25) is 0 Å². The number of hydrogen-bond donors (Lipinski definition) is 0. The van der Waals surface area contributed by atoms with Gasteiger partial charge in [0, 0.05) is 5.75 Å². The van der Waals surface area contributed by atoms with E-state index in [1.807, 2.05) is 11.8 Å². The smallest absolute Gasteiger partial charge is 0.0812 e. The summed E-state index contributed by atoms with van der Waals surface area (Å²) in [7, 11) is 0. The minimum absolute atomic E-state index is 0.596. The van der Waals surface area contributed by atoms with E-state index in [1.165, 1.54) is 12.8 Å². The van der Waals surface area contributed by atoms with E-state index < -0.39 is 0 Å². The number of ether oxygens (including phenoxy) is 1. The van der Waals surface area contributed by atoms with Gasteiger partial charge in [0.1, 0.15) is 0 Å². The van der Waals surface area contributed by atoms with Gasteiger partial charge in [-0.15, -0.1) is 0 Å². The van der Waals surface area contributed by atoms with Crippen molar-refractivity contribution < 1.29 is 4.74 Å². The summed E-state index contributed by atoms with van der Waals surface area (Å²) >= 11 is 1.86. The van der Waals surface area contributed by atoms with E-state index in [0.717, 1.165) is 12.4 Å². The molecule has 0 N–H and O–H groups in total. The van der Waals surface area contributed by atoms with Gasteiger partial charge in [-0.05, 0) is 19.1 Å². The van der Waals surface area contributed by atoms with Gasteiger partial charge in [-0.2, -0.15) is 11.8 Å². The molecule has 0 radical (unpaired) electrons. The second kappa shape index (κ2) is 4.80. The highest BCUT2D eigenvalue weighted by Gasteiger charge is 2.20. The van der Waals surface area contributed by atoms with E-state index in [0.29, 0.717) is 6.10 Å². The predicted octanol–water partition coefficient (Wildman–Crippen LogP) is 2.08. The molecule has 1 saturated heterocycles. The Balaban J connectivity index is 1.83. The molecule has 0 aromatic rings. The summed E-state index contributed by atoms with van der Waals surface area (Å²) in [6, 6.07) is 0. The highest BCUT2D eigenvalue weighted by molar-refractivity contribution is 7.98. The Morgan fingerprint density at radius 3 is 3.00 bits per heavy atom. The molecule has 1 unspecified atom stereocenters. The lowest BCUT2D eigenvalue weighted by atomic mass is 10.2. The monoisotopic (exact) mass is 158 g/mol. The number of allylic oxidation sites excluding steroid dienone is 1. The Hall–Kier alpha value is 0.0500. The van der Waals surface area contributed by atoms with Gasteiger partial charge in [-0.25, -0.2) is 0 Å². The SMILES string of the molecule is CSCC=CCCC1CO1. The lowest BCUT2D eigenvalue weighted by Gasteiger charge is -1.87. The molecular weight excluding hydrogens is 144 g/mol. The molecule has 1 atom stereocenters. The second-order valence-electron chi connectivity index (χ2n) is 2.46. The predicted molar refractivity (Wildman–Crippen MR) is 46.5 cm³/mol. The average Bonchev–Trinajstić information content (AvgIpc) is 2.71. The van der Waals surface area contributed by atoms with Crippen LogP contribution in [0, 0.1) is 0 Å². The van der Waals surface area contributed by atoms with Crippen molar-refractivity contribution in [3.05, 3.63) is 12.2 Å². The normalized spacial score (nSPS) is 23.9. The summed E-state index contributed by atoms with van der Waals surface area (Å²) in [5.41, 5.74) is 0. The number of rotatable bonds is 5. The summed E-state index contributed by atoms with van der Waals surface area (Å²) in [5.74, 6) is 1.14. The standard InChI is InChI=1S/C8H14OS/c1-10-6-4-2-3-5-8-7-9-8/h2,4,8H,3,5-7H2,1H3. The fourth-order valence-electron chi connectivity index (χ4n) is 0.799. The first-order valence-electron chi connectivity index (χ1n) is 3.69. The second-order valence-corrected chi connectivity index (χ2v) is 3.37. The van der Waals surface area contributed by atoms with Crippen molar-refractivity contribution in [3.8, 4) is 0 Å². The van der Waals surface area contributed by atoms with E-state index in [4.69, 9.17) is 4.74 Å². The van der Waals surface area contributed by atoms with Crippen LogP contribution in [-0.2, 0) is 4.74 Å². The Kier molecular flexibility index (Phi) is 3.91. The molecule has 1 nitrogen and oxygen atoms in total. The van der Waals surface area contributed by atoms with Crippen LogP contribution in [0.5, 0.6) is 0 Å². The van der Waals surface area contributed by atoms with Crippen LogP contribution in [0.15, 0.2) is 12.2 Å². The highest BCUT2D eigenvalue weighted by Crippen LogP contribution is 2.15. The van der Waals surface area contributed by atoms with E-state index in [1.54, 1.807) is 0 Å². The molecular formula is C8H14OS. The first-order valence-corrected chi connectivity index (χ1v) is 5.08. The summed E-state index contributed by atoms with van der Waals surface area (Å²) in [6.45, 7) is 0.996. The topological polar surface area (TPSA) is 12.5 Å². The van der Waals surface area contributed by atoms with Gasteiger partial charge in [0.15, 0.2) is 0 Å². The average molecular weight is 158 g/mol. The van der Waals surface area contributed by atoms with Crippen LogP contribution in [0.25, 0.3) is 0 Å². The van der Waals surface area contributed by atoms with Crippen molar-refractivity contribution in [2.75, 3.05) is 18.6 Å². The lowest BCUT2D eigenvalue weighted by Crippen LogP contribution is -1.81. The fourth-order valence-corrected chi connectivity index (χ4v) is 1.13. The largest absolute Gasteiger partial charge is 0.373 e. The summed E-state index contributed by atoms with van der Waals surface area (Å²) in [6.07, 6.45) is 9.59. The van der Waals surface area contributed by atoms with Crippen LogP contribution in [-0.4, -0.2) is 24.7 Å². The van der Waals surface area contributed by atoms with Gasteiger partial charge in [-0.3, -0.25) is 0 Å². The van der Waals surface area contributed by atoms with Crippen LogP contribution in [0.4, 0.5) is 0 Å². The van der Waals surface area contributed by atoms with Crippen LogP contribution < -0.4 is 0 Å².